The Morgan fingerprint density at radius 2 is 1.88 bits per heavy atom. The molecule has 0 atom stereocenters. The standard InChI is InChI=1S/C19H26F2N2O2/c1-14-2-3-15(18(21)17(14)20)12-22-8-6-19(7-9-22)5-4-16(25)23(13-19)10-11-24/h2-3,24H,4-13H2,1H3. The third-order valence-electron chi connectivity index (χ3n) is 5.78. The Kier molecular flexibility index (Phi) is 5.39. The number of amides is 1. The van der Waals surface area contributed by atoms with Crippen LogP contribution in [-0.2, 0) is 11.3 Å². The molecule has 1 amide bonds. The SMILES string of the molecule is Cc1ccc(CN2CCC3(CCC(=O)N(CCO)C3)CC2)c(F)c1F. The van der Waals surface area contributed by atoms with E-state index in [2.05, 4.69) is 4.90 Å². The highest BCUT2D eigenvalue weighted by molar-refractivity contribution is 5.77. The van der Waals surface area contributed by atoms with E-state index in [0.29, 0.717) is 37.2 Å². The zero-order valence-corrected chi connectivity index (χ0v) is 14.7. The van der Waals surface area contributed by atoms with E-state index in [-0.39, 0.29) is 17.9 Å². The van der Waals surface area contributed by atoms with Crippen LogP contribution < -0.4 is 0 Å². The number of β-amino-alcohol motifs (C(OH)–C–C–N with tert-alkyl or cyclic N) is 1. The number of hydrogen-bond acceptors (Lipinski definition) is 3. The molecule has 138 valence electrons. The lowest BCUT2D eigenvalue weighted by atomic mass is 9.72. The number of halogens is 2. The third-order valence-corrected chi connectivity index (χ3v) is 5.78. The molecule has 2 fully saturated rings. The van der Waals surface area contributed by atoms with Crippen molar-refractivity contribution in [3.63, 3.8) is 0 Å². The largest absolute Gasteiger partial charge is 0.395 e. The molecule has 2 aliphatic rings. The monoisotopic (exact) mass is 352 g/mol. The van der Waals surface area contributed by atoms with Crippen LogP contribution in [0.15, 0.2) is 12.1 Å². The maximum absolute atomic E-state index is 14.1. The molecule has 0 radical (unpaired) electrons. The Hall–Kier alpha value is -1.53. The Morgan fingerprint density at radius 3 is 2.56 bits per heavy atom. The van der Waals surface area contributed by atoms with E-state index in [1.807, 2.05) is 0 Å². The van der Waals surface area contributed by atoms with Gasteiger partial charge in [-0.05, 0) is 50.3 Å². The summed E-state index contributed by atoms with van der Waals surface area (Å²) in [7, 11) is 0. The van der Waals surface area contributed by atoms with Crippen LogP contribution in [-0.4, -0.2) is 53.6 Å². The molecule has 0 saturated carbocycles. The predicted octanol–water partition coefficient (Wildman–Crippen LogP) is 2.47. The highest BCUT2D eigenvalue weighted by Crippen LogP contribution is 2.40. The first kappa shape index (κ1) is 18.3. The summed E-state index contributed by atoms with van der Waals surface area (Å²) in [6.07, 6.45) is 3.31. The van der Waals surface area contributed by atoms with Crippen molar-refractivity contribution in [3.8, 4) is 0 Å². The minimum atomic E-state index is -0.753. The lowest BCUT2D eigenvalue weighted by Crippen LogP contribution is -2.51. The van der Waals surface area contributed by atoms with Crippen LogP contribution in [0.2, 0.25) is 0 Å². The van der Waals surface area contributed by atoms with Crippen molar-refractivity contribution in [2.45, 2.75) is 39.2 Å². The molecule has 2 heterocycles. The van der Waals surface area contributed by atoms with Crippen molar-refractivity contribution >= 4 is 5.91 Å². The molecule has 0 bridgehead atoms. The van der Waals surface area contributed by atoms with Gasteiger partial charge in [0, 0.05) is 31.6 Å². The smallest absolute Gasteiger partial charge is 0.222 e. The molecule has 0 aliphatic carbocycles. The molecular formula is C19H26F2N2O2. The van der Waals surface area contributed by atoms with Crippen molar-refractivity contribution < 1.29 is 18.7 Å². The maximum Gasteiger partial charge on any atom is 0.222 e. The molecule has 1 spiro atoms. The lowest BCUT2D eigenvalue weighted by Gasteiger charge is -2.47. The number of benzene rings is 1. The second-order valence-electron chi connectivity index (χ2n) is 7.48. The van der Waals surface area contributed by atoms with Gasteiger partial charge in [0.15, 0.2) is 11.6 Å². The van der Waals surface area contributed by atoms with Gasteiger partial charge in [0.1, 0.15) is 0 Å². The van der Waals surface area contributed by atoms with E-state index in [4.69, 9.17) is 5.11 Å². The quantitative estimate of drug-likeness (QED) is 0.905. The zero-order chi connectivity index (χ0) is 18.0. The van der Waals surface area contributed by atoms with Crippen molar-refractivity contribution in [2.24, 2.45) is 5.41 Å². The summed E-state index contributed by atoms with van der Waals surface area (Å²) in [5, 5.41) is 9.13. The van der Waals surface area contributed by atoms with Gasteiger partial charge in [-0.2, -0.15) is 0 Å². The van der Waals surface area contributed by atoms with Crippen LogP contribution in [0, 0.1) is 24.0 Å². The number of nitrogens with zero attached hydrogens (tertiary/aromatic N) is 2. The molecule has 1 aromatic rings. The highest BCUT2D eigenvalue weighted by atomic mass is 19.2. The summed E-state index contributed by atoms with van der Waals surface area (Å²) < 4.78 is 27.8. The fourth-order valence-corrected chi connectivity index (χ4v) is 4.07. The molecule has 1 aromatic carbocycles. The number of piperidine rings is 2. The number of carbonyl (C=O) groups is 1. The number of aryl methyl sites for hydroxylation is 1. The number of aliphatic hydroxyl groups is 1. The minimum Gasteiger partial charge on any atom is -0.395 e. The number of likely N-dealkylation sites (tertiary alicyclic amines) is 2. The number of carbonyl (C=O) groups excluding carboxylic acids is 1. The second-order valence-corrected chi connectivity index (χ2v) is 7.48. The van der Waals surface area contributed by atoms with Crippen molar-refractivity contribution in [3.05, 3.63) is 34.9 Å². The number of rotatable bonds is 4. The molecule has 4 nitrogen and oxygen atoms in total. The van der Waals surface area contributed by atoms with Crippen LogP contribution in [0.4, 0.5) is 8.78 Å². The molecule has 0 aromatic heterocycles. The molecular weight excluding hydrogens is 326 g/mol. The lowest BCUT2D eigenvalue weighted by molar-refractivity contribution is -0.139. The summed E-state index contributed by atoms with van der Waals surface area (Å²) in [5.74, 6) is -1.37. The maximum atomic E-state index is 14.1. The normalized spacial score (nSPS) is 21.1. The summed E-state index contributed by atoms with van der Waals surface area (Å²) in [6, 6.07) is 3.29. The molecule has 3 rings (SSSR count). The van der Waals surface area contributed by atoms with Crippen LogP contribution in [0.25, 0.3) is 0 Å². The Labute approximate surface area is 147 Å². The van der Waals surface area contributed by atoms with Crippen molar-refractivity contribution in [1.29, 1.82) is 0 Å². The van der Waals surface area contributed by atoms with E-state index >= 15 is 0 Å². The van der Waals surface area contributed by atoms with Crippen LogP contribution in [0.3, 0.4) is 0 Å². The minimum absolute atomic E-state index is 0.00773. The highest BCUT2D eigenvalue weighted by Gasteiger charge is 2.40. The van der Waals surface area contributed by atoms with Gasteiger partial charge in [0.2, 0.25) is 5.91 Å². The Morgan fingerprint density at radius 1 is 1.16 bits per heavy atom. The van der Waals surface area contributed by atoms with E-state index in [0.717, 1.165) is 32.4 Å². The average Bonchev–Trinajstić information content (AvgIpc) is 2.61. The first-order valence-electron chi connectivity index (χ1n) is 8.99. The number of aliphatic hydroxyl groups excluding tert-OH is 1. The van der Waals surface area contributed by atoms with Gasteiger partial charge in [-0.15, -0.1) is 0 Å². The molecule has 0 unspecified atom stereocenters. The topological polar surface area (TPSA) is 43.8 Å². The number of hydrogen-bond donors (Lipinski definition) is 1. The molecule has 2 saturated heterocycles. The van der Waals surface area contributed by atoms with Gasteiger partial charge in [-0.1, -0.05) is 12.1 Å². The van der Waals surface area contributed by atoms with Crippen LogP contribution in [0.1, 0.15) is 36.8 Å². The van der Waals surface area contributed by atoms with Crippen molar-refractivity contribution in [1.82, 2.24) is 9.80 Å². The fourth-order valence-electron chi connectivity index (χ4n) is 4.07. The molecule has 2 aliphatic heterocycles. The van der Waals surface area contributed by atoms with Crippen molar-refractivity contribution in [2.75, 3.05) is 32.8 Å². The first-order valence-corrected chi connectivity index (χ1v) is 8.99. The fraction of sp³-hybridized carbons (Fsp3) is 0.632. The second kappa shape index (κ2) is 7.38. The summed E-state index contributed by atoms with van der Waals surface area (Å²) >= 11 is 0. The van der Waals surface area contributed by atoms with Gasteiger partial charge in [-0.3, -0.25) is 9.69 Å². The van der Waals surface area contributed by atoms with E-state index in [1.54, 1.807) is 24.0 Å². The van der Waals surface area contributed by atoms with E-state index in [1.165, 1.54) is 0 Å². The molecule has 6 heteroatoms. The summed E-state index contributed by atoms with van der Waals surface area (Å²) in [4.78, 5) is 15.9. The average molecular weight is 352 g/mol. The van der Waals surface area contributed by atoms with Gasteiger partial charge < -0.3 is 10.0 Å². The van der Waals surface area contributed by atoms with Gasteiger partial charge in [0.05, 0.1) is 6.61 Å². The van der Waals surface area contributed by atoms with E-state index < -0.39 is 11.6 Å². The molecule has 1 N–H and O–H groups in total. The third kappa shape index (κ3) is 3.85. The predicted molar refractivity (Wildman–Crippen MR) is 90.9 cm³/mol. The van der Waals surface area contributed by atoms with E-state index in [9.17, 15) is 13.6 Å². The van der Waals surface area contributed by atoms with Gasteiger partial charge in [-0.25, -0.2) is 8.78 Å². The van der Waals surface area contributed by atoms with Crippen LogP contribution in [0.5, 0.6) is 0 Å². The van der Waals surface area contributed by atoms with Crippen LogP contribution >= 0.6 is 0 Å². The molecule has 25 heavy (non-hydrogen) atoms. The summed E-state index contributed by atoms with van der Waals surface area (Å²) in [6.45, 7) is 4.71. The zero-order valence-electron chi connectivity index (χ0n) is 14.7. The Bertz CT molecular complexity index is 643. The van der Waals surface area contributed by atoms with Gasteiger partial charge >= 0.3 is 0 Å². The Balaban J connectivity index is 1.60. The first-order chi connectivity index (χ1) is 11.9. The summed E-state index contributed by atoms with van der Waals surface area (Å²) in [5.41, 5.74) is 0.839. The van der Waals surface area contributed by atoms with Gasteiger partial charge in [0.25, 0.3) is 0 Å².